The lowest BCUT2D eigenvalue weighted by atomic mass is 9.83. The first-order valence-electron chi connectivity index (χ1n) is 6.96. The highest BCUT2D eigenvalue weighted by Gasteiger charge is 2.76. The minimum Gasteiger partial charge on any atom is -0.480 e. The van der Waals surface area contributed by atoms with Gasteiger partial charge in [0.25, 0.3) is 10.8 Å². The van der Waals surface area contributed by atoms with E-state index in [-0.39, 0.29) is 12.2 Å². The van der Waals surface area contributed by atoms with E-state index in [0.717, 1.165) is 0 Å². The normalized spacial score (nSPS) is 13.7. The molecule has 0 saturated carbocycles. The molecule has 0 aliphatic rings. The van der Waals surface area contributed by atoms with Crippen molar-refractivity contribution in [2.75, 3.05) is 0 Å². The van der Waals surface area contributed by atoms with Gasteiger partial charge in [-0.3, -0.25) is 9.59 Å². The van der Waals surface area contributed by atoms with Gasteiger partial charge in [-0.1, -0.05) is 12.2 Å². The van der Waals surface area contributed by atoms with Crippen LogP contribution in [0.4, 0.5) is 52.7 Å². The highest BCUT2D eigenvalue weighted by atomic mass is 19.4. The lowest BCUT2D eigenvalue weighted by molar-refractivity contribution is -0.331. The smallest absolute Gasteiger partial charge is 0.414 e. The fourth-order valence-corrected chi connectivity index (χ4v) is 1.88. The molecule has 0 aromatic carbocycles. The lowest BCUT2D eigenvalue weighted by Gasteiger charge is -2.32. The number of carboxylic acids is 2. The summed E-state index contributed by atoms with van der Waals surface area (Å²) in [5.74, 6) is -5.97. The zero-order valence-corrected chi connectivity index (χ0v) is 14.2. The number of rotatable bonds is 6. The molecule has 0 spiro atoms. The van der Waals surface area contributed by atoms with E-state index >= 15 is 0 Å². The molecule has 0 aliphatic carbocycles. The van der Waals surface area contributed by atoms with E-state index in [1.165, 1.54) is 0 Å². The van der Waals surface area contributed by atoms with Gasteiger partial charge in [-0.15, -0.1) is 13.2 Å². The van der Waals surface area contributed by atoms with Gasteiger partial charge in [-0.25, -0.2) is 0 Å². The summed E-state index contributed by atoms with van der Waals surface area (Å²) >= 11 is 0. The molecule has 176 valence electrons. The monoisotopic (exact) mass is 472 g/mol. The van der Waals surface area contributed by atoms with Crippen LogP contribution in [0.1, 0.15) is 12.8 Å². The Kier molecular flexibility index (Phi) is 9.09. The lowest BCUT2D eigenvalue weighted by Crippen LogP contribution is -2.55. The highest BCUT2D eigenvalue weighted by molar-refractivity contribution is 5.77. The summed E-state index contributed by atoms with van der Waals surface area (Å²) in [5.41, 5.74) is -9.55. The second-order valence-electron chi connectivity index (χ2n) is 5.40. The average Bonchev–Trinajstić information content (AvgIpc) is 2.44. The van der Waals surface area contributed by atoms with Gasteiger partial charge < -0.3 is 10.2 Å². The van der Waals surface area contributed by atoms with Crippen LogP contribution >= 0.6 is 0 Å². The highest BCUT2D eigenvalue weighted by Crippen LogP contribution is 2.54. The Labute approximate surface area is 159 Å². The number of halogens is 12. The predicted octanol–water partition coefficient (Wildman–Crippen LogP) is 5.52. The van der Waals surface area contributed by atoms with Crippen LogP contribution in [0.5, 0.6) is 0 Å². The SMILES string of the molecule is C=CCC(C(=O)O)(C(F)(F)F)C(F)(F)F.C=CCC(C(=O)O)(C(F)(F)F)C(F)(F)F. The fraction of sp³-hybridized carbons (Fsp3) is 0.571. The molecule has 0 unspecified atom stereocenters. The summed E-state index contributed by atoms with van der Waals surface area (Å²) in [4.78, 5) is 20.4. The zero-order valence-electron chi connectivity index (χ0n) is 14.2. The number of alkyl halides is 12. The molecule has 0 fully saturated rings. The van der Waals surface area contributed by atoms with Crippen LogP contribution in [0.2, 0.25) is 0 Å². The van der Waals surface area contributed by atoms with Crippen molar-refractivity contribution in [1.82, 2.24) is 0 Å². The number of allylic oxidation sites excluding steroid dienone is 2. The molecule has 0 rings (SSSR count). The van der Waals surface area contributed by atoms with E-state index in [1.54, 1.807) is 0 Å². The van der Waals surface area contributed by atoms with Crippen molar-refractivity contribution in [3.05, 3.63) is 25.3 Å². The van der Waals surface area contributed by atoms with Crippen molar-refractivity contribution >= 4 is 11.9 Å². The molecule has 0 aliphatic heterocycles. The summed E-state index contributed by atoms with van der Waals surface area (Å²) in [7, 11) is 0. The van der Waals surface area contributed by atoms with Crippen LogP contribution in [-0.2, 0) is 9.59 Å². The van der Waals surface area contributed by atoms with Crippen LogP contribution < -0.4 is 0 Å². The van der Waals surface area contributed by atoms with Crippen LogP contribution in [0.25, 0.3) is 0 Å². The molecule has 0 atom stereocenters. The Morgan fingerprint density at radius 3 is 0.767 bits per heavy atom. The average molecular weight is 472 g/mol. The Morgan fingerprint density at radius 2 is 0.733 bits per heavy atom. The molecule has 30 heavy (non-hydrogen) atoms. The molecule has 0 heterocycles. The first-order chi connectivity index (χ1) is 13.0. The molecule has 0 radical (unpaired) electrons. The van der Waals surface area contributed by atoms with E-state index in [4.69, 9.17) is 10.2 Å². The number of aliphatic carboxylic acids is 2. The van der Waals surface area contributed by atoms with Crippen molar-refractivity contribution in [1.29, 1.82) is 0 Å². The summed E-state index contributed by atoms with van der Waals surface area (Å²) in [6.45, 7) is 5.38. The Morgan fingerprint density at radius 1 is 0.567 bits per heavy atom. The first-order valence-corrected chi connectivity index (χ1v) is 6.96. The number of hydrogen-bond acceptors (Lipinski definition) is 2. The van der Waals surface area contributed by atoms with E-state index in [9.17, 15) is 62.3 Å². The second-order valence-corrected chi connectivity index (χ2v) is 5.40. The van der Waals surface area contributed by atoms with Gasteiger partial charge in [0.1, 0.15) is 0 Å². The summed E-state index contributed by atoms with van der Waals surface area (Å²) < 4.78 is 146. The molecule has 0 amide bonds. The van der Waals surface area contributed by atoms with E-state index in [2.05, 4.69) is 13.2 Å². The van der Waals surface area contributed by atoms with Gasteiger partial charge in [0.15, 0.2) is 0 Å². The van der Waals surface area contributed by atoms with E-state index in [0.29, 0.717) is 0 Å². The Bertz CT molecular complexity index is 555. The summed E-state index contributed by atoms with van der Waals surface area (Å²) in [5, 5.41) is 16.3. The minimum atomic E-state index is -5.93. The first kappa shape index (κ1) is 29.8. The number of carboxylic acid groups (broad SMARTS) is 2. The Hall–Kier alpha value is -2.42. The summed E-state index contributed by atoms with van der Waals surface area (Å²) in [6, 6.07) is 0. The summed E-state index contributed by atoms with van der Waals surface area (Å²) in [6.07, 6.45) is -26.7. The van der Waals surface area contributed by atoms with Gasteiger partial charge in [-0.2, -0.15) is 52.7 Å². The maximum absolute atomic E-state index is 12.2. The maximum atomic E-state index is 12.2. The third-order valence-electron chi connectivity index (χ3n) is 3.57. The fourth-order valence-electron chi connectivity index (χ4n) is 1.88. The quantitative estimate of drug-likeness (QED) is 0.395. The van der Waals surface area contributed by atoms with Crippen molar-refractivity contribution in [2.45, 2.75) is 37.5 Å². The van der Waals surface area contributed by atoms with E-state index in [1.807, 2.05) is 0 Å². The zero-order chi connectivity index (χ0) is 25.0. The van der Waals surface area contributed by atoms with Crippen LogP contribution in [0.15, 0.2) is 25.3 Å². The van der Waals surface area contributed by atoms with Crippen molar-refractivity contribution < 1.29 is 72.5 Å². The van der Waals surface area contributed by atoms with Crippen LogP contribution in [0.3, 0.4) is 0 Å². The van der Waals surface area contributed by atoms with E-state index < -0.39 is 60.3 Å². The van der Waals surface area contributed by atoms with Gasteiger partial charge in [-0.05, 0) is 12.8 Å². The minimum absolute atomic E-state index is 0.273. The van der Waals surface area contributed by atoms with Gasteiger partial charge in [0.05, 0.1) is 0 Å². The molecule has 4 nitrogen and oxygen atoms in total. The van der Waals surface area contributed by atoms with Crippen molar-refractivity contribution in [2.24, 2.45) is 10.8 Å². The largest absolute Gasteiger partial charge is 0.480 e. The number of carbonyl (C=O) groups is 2. The molecule has 0 aromatic heterocycles. The molecule has 0 saturated heterocycles. The van der Waals surface area contributed by atoms with Crippen molar-refractivity contribution in [3.63, 3.8) is 0 Å². The van der Waals surface area contributed by atoms with Gasteiger partial charge >= 0.3 is 36.6 Å². The molecule has 2 N–H and O–H groups in total. The molecular formula is C14H12F12O4. The van der Waals surface area contributed by atoms with Crippen LogP contribution in [0, 0.1) is 10.8 Å². The standard InChI is InChI=1S/2C7H6F6O2/c2*1-2-3-5(4(14)15,6(8,9)10)7(11,12)13/h2*2H,1,3H2,(H,14,15). The molecule has 0 bridgehead atoms. The van der Waals surface area contributed by atoms with Gasteiger partial charge in [0.2, 0.25) is 0 Å². The van der Waals surface area contributed by atoms with Crippen molar-refractivity contribution in [3.8, 4) is 0 Å². The molecule has 16 heteroatoms. The second kappa shape index (κ2) is 9.16. The number of hydrogen-bond donors (Lipinski definition) is 2. The molecular weight excluding hydrogens is 460 g/mol. The third kappa shape index (κ3) is 5.38. The topological polar surface area (TPSA) is 74.6 Å². The predicted molar refractivity (Wildman–Crippen MR) is 74.0 cm³/mol. The third-order valence-corrected chi connectivity index (χ3v) is 3.57. The Balaban J connectivity index is 0. The van der Waals surface area contributed by atoms with Gasteiger partial charge in [0, 0.05) is 0 Å². The van der Waals surface area contributed by atoms with Crippen LogP contribution in [-0.4, -0.2) is 46.9 Å². The molecule has 0 aromatic rings. The maximum Gasteiger partial charge on any atom is 0.414 e.